The minimum atomic E-state index is -0.384. The van der Waals surface area contributed by atoms with Crippen LogP contribution in [0.5, 0.6) is 5.75 Å². The maximum atomic E-state index is 14.2. The largest absolute Gasteiger partial charge is 0.491 e. The smallest absolute Gasteiger partial charge is 0.270 e. The lowest BCUT2D eigenvalue weighted by atomic mass is 10.0. The highest BCUT2D eigenvalue weighted by atomic mass is 19.1. The number of nitrogens with zero attached hydrogens (tertiary/aromatic N) is 2. The van der Waals surface area contributed by atoms with Gasteiger partial charge in [-0.1, -0.05) is 6.07 Å². The van der Waals surface area contributed by atoms with Crippen molar-refractivity contribution in [2.24, 2.45) is 0 Å². The third-order valence-corrected chi connectivity index (χ3v) is 4.95. The van der Waals surface area contributed by atoms with Gasteiger partial charge >= 0.3 is 0 Å². The number of ether oxygens (including phenoxy) is 1. The molecule has 2 heterocycles. The van der Waals surface area contributed by atoms with Crippen molar-refractivity contribution >= 4 is 11.7 Å². The number of anilines is 1. The first-order chi connectivity index (χ1) is 13.1. The molecule has 0 radical (unpaired) electrons. The molecular formula is C20H23FN4O2. The van der Waals surface area contributed by atoms with Gasteiger partial charge in [-0.3, -0.25) is 4.79 Å². The van der Waals surface area contributed by atoms with Gasteiger partial charge in [0.25, 0.3) is 5.91 Å². The normalized spacial score (nSPS) is 17.1. The van der Waals surface area contributed by atoms with Crippen LogP contribution >= 0.6 is 0 Å². The van der Waals surface area contributed by atoms with E-state index in [4.69, 9.17) is 9.72 Å². The highest BCUT2D eigenvalue weighted by Gasteiger charge is 2.31. The van der Waals surface area contributed by atoms with E-state index in [0.717, 1.165) is 29.8 Å². The van der Waals surface area contributed by atoms with Crippen LogP contribution in [0.3, 0.4) is 0 Å². The molecule has 2 aliphatic rings. The molecule has 2 aromatic rings. The highest BCUT2D eigenvalue weighted by Crippen LogP contribution is 2.39. The number of hydrogen-bond acceptors (Lipinski definition) is 5. The average Bonchev–Trinajstić information content (AvgIpc) is 3.49. The maximum Gasteiger partial charge on any atom is 0.270 e. The highest BCUT2D eigenvalue weighted by molar-refractivity contribution is 5.96. The first-order valence-corrected chi connectivity index (χ1v) is 9.44. The Hall–Kier alpha value is -2.70. The summed E-state index contributed by atoms with van der Waals surface area (Å²) in [4.78, 5) is 21.4. The molecule has 6 nitrogen and oxygen atoms in total. The van der Waals surface area contributed by atoms with E-state index in [1.165, 1.54) is 6.07 Å². The van der Waals surface area contributed by atoms with Gasteiger partial charge in [-0.05, 0) is 50.8 Å². The summed E-state index contributed by atoms with van der Waals surface area (Å²) in [5.74, 6) is 1.45. The van der Waals surface area contributed by atoms with Crippen molar-refractivity contribution in [3.8, 4) is 5.75 Å². The van der Waals surface area contributed by atoms with Crippen molar-refractivity contribution in [2.45, 2.75) is 45.1 Å². The van der Waals surface area contributed by atoms with Crippen LogP contribution in [-0.2, 0) is 6.42 Å². The number of fused-ring (bicyclic) bond motifs is 1. The summed E-state index contributed by atoms with van der Waals surface area (Å²) in [5.41, 5.74) is 2.09. The topological polar surface area (TPSA) is 76.1 Å². The standard InChI is InChI=1S/C20H23FN4O2/c1-3-27-16-7-6-13(10-15(16)21)11(2)23-19-14-8-9-22-20(26)17(14)24-18(25-19)12-4-5-12/h6-7,10-12H,3-5,8-9H2,1-2H3,(H,22,26)(H,23,24,25). The number of carbonyl (C=O) groups is 1. The Bertz CT molecular complexity index is 883. The molecule has 1 aromatic carbocycles. The van der Waals surface area contributed by atoms with Gasteiger partial charge in [0.15, 0.2) is 11.6 Å². The summed E-state index contributed by atoms with van der Waals surface area (Å²) in [6.07, 6.45) is 2.79. The minimum Gasteiger partial charge on any atom is -0.491 e. The number of halogens is 1. The molecule has 1 fully saturated rings. The van der Waals surface area contributed by atoms with E-state index in [1.54, 1.807) is 6.07 Å². The molecular weight excluding hydrogens is 347 g/mol. The van der Waals surface area contributed by atoms with Gasteiger partial charge in [0.2, 0.25) is 0 Å². The molecule has 2 N–H and O–H groups in total. The molecule has 0 spiro atoms. The van der Waals surface area contributed by atoms with Crippen LogP contribution in [-0.4, -0.2) is 29.0 Å². The Kier molecular flexibility index (Phi) is 4.68. The molecule has 7 heteroatoms. The van der Waals surface area contributed by atoms with Crippen molar-refractivity contribution in [1.29, 1.82) is 0 Å². The van der Waals surface area contributed by atoms with Crippen molar-refractivity contribution in [3.05, 3.63) is 46.7 Å². The van der Waals surface area contributed by atoms with Gasteiger partial charge in [-0.25, -0.2) is 14.4 Å². The second-order valence-electron chi connectivity index (χ2n) is 7.03. The number of rotatable bonds is 6. The summed E-state index contributed by atoms with van der Waals surface area (Å²) in [7, 11) is 0. The van der Waals surface area contributed by atoms with Gasteiger partial charge < -0.3 is 15.4 Å². The second-order valence-corrected chi connectivity index (χ2v) is 7.03. The first kappa shape index (κ1) is 17.7. The fourth-order valence-corrected chi connectivity index (χ4v) is 3.30. The van der Waals surface area contributed by atoms with E-state index < -0.39 is 0 Å². The van der Waals surface area contributed by atoms with E-state index in [0.29, 0.717) is 37.0 Å². The third-order valence-electron chi connectivity index (χ3n) is 4.95. The zero-order valence-electron chi connectivity index (χ0n) is 15.5. The van der Waals surface area contributed by atoms with Crippen LogP contribution < -0.4 is 15.4 Å². The van der Waals surface area contributed by atoms with Crippen LogP contribution in [0.4, 0.5) is 10.2 Å². The van der Waals surface area contributed by atoms with E-state index >= 15 is 0 Å². The molecule has 1 amide bonds. The number of aromatic nitrogens is 2. The molecule has 4 rings (SSSR count). The van der Waals surface area contributed by atoms with Crippen molar-refractivity contribution in [1.82, 2.24) is 15.3 Å². The van der Waals surface area contributed by atoms with E-state index in [9.17, 15) is 9.18 Å². The lowest BCUT2D eigenvalue weighted by Gasteiger charge is -2.23. The molecule has 1 unspecified atom stereocenters. The summed E-state index contributed by atoms with van der Waals surface area (Å²) < 4.78 is 19.5. The average molecular weight is 370 g/mol. The molecule has 0 bridgehead atoms. The number of carbonyl (C=O) groups excluding carboxylic acids is 1. The Morgan fingerprint density at radius 2 is 2.19 bits per heavy atom. The van der Waals surface area contributed by atoms with Crippen molar-refractivity contribution in [3.63, 3.8) is 0 Å². The molecule has 1 atom stereocenters. The Labute approximate surface area is 157 Å². The first-order valence-electron chi connectivity index (χ1n) is 9.44. The third kappa shape index (κ3) is 3.59. The van der Waals surface area contributed by atoms with Crippen molar-refractivity contribution in [2.75, 3.05) is 18.5 Å². The van der Waals surface area contributed by atoms with E-state index in [2.05, 4.69) is 15.6 Å². The maximum absolute atomic E-state index is 14.2. The Balaban J connectivity index is 1.63. The molecule has 1 saturated carbocycles. The van der Waals surface area contributed by atoms with Crippen LogP contribution in [0.1, 0.15) is 66.1 Å². The number of hydrogen-bond donors (Lipinski definition) is 2. The Morgan fingerprint density at radius 1 is 1.37 bits per heavy atom. The number of benzene rings is 1. The fraction of sp³-hybridized carbons (Fsp3) is 0.450. The Morgan fingerprint density at radius 3 is 2.89 bits per heavy atom. The van der Waals surface area contributed by atoms with Gasteiger partial charge in [-0.2, -0.15) is 0 Å². The summed E-state index contributed by atoms with van der Waals surface area (Å²) >= 11 is 0. The predicted octanol–water partition coefficient (Wildman–Crippen LogP) is 3.35. The molecule has 142 valence electrons. The van der Waals surface area contributed by atoms with E-state index in [-0.39, 0.29) is 23.5 Å². The lowest BCUT2D eigenvalue weighted by molar-refractivity contribution is 0.0940. The summed E-state index contributed by atoms with van der Waals surface area (Å²) in [5, 5.41) is 6.21. The van der Waals surface area contributed by atoms with Gasteiger partial charge in [0.1, 0.15) is 17.3 Å². The quantitative estimate of drug-likeness (QED) is 0.816. The van der Waals surface area contributed by atoms with Crippen LogP contribution in [0, 0.1) is 5.82 Å². The predicted molar refractivity (Wildman–Crippen MR) is 99.7 cm³/mol. The summed E-state index contributed by atoms with van der Waals surface area (Å²) in [6, 6.07) is 4.79. The van der Waals surface area contributed by atoms with E-state index in [1.807, 2.05) is 19.9 Å². The zero-order chi connectivity index (χ0) is 19.0. The minimum absolute atomic E-state index is 0.150. The van der Waals surface area contributed by atoms with Crippen molar-refractivity contribution < 1.29 is 13.9 Å². The van der Waals surface area contributed by atoms with Crippen LogP contribution in [0.25, 0.3) is 0 Å². The van der Waals surface area contributed by atoms with Gasteiger partial charge in [-0.15, -0.1) is 0 Å². The fourth-order valence-electron chi connectivity index (χ4n) is 3.30. The van der Waals surface area contributed by atoms with Gasteiger partial charge in [0.05, 0.1) is 12.6 Å². The summed E-state index contributed by atoms with van der Waals surface area (Å²) in [6.45, 7) is 4.76. The number of amides is 1. The SMILES string of the molecule is CCOc1ccc(C(C)Nc2nc(C3CC3)nc3c2CCNC3=O)cc1F. The van der Waals surface area contributed by atoms with Crippen LogP contribution in [0.2, 0.25) is 0 Å². The molecule has 0 saturated heterocycles. The molecule has 27 heavy (non-hydrogen) atoms. The van der Waals surface area contributed by atoms with Crippen LogP contribution in [0.15, 0.2) is 18.2 Å². The lowest BCUT2D eigenvalue weighted by Crippen LogP contribution is -2.34. The molecule has 1 aromatic heterocycles. The van der Waals surface area contributed by atoms with Gasteiger partial charge in [0, 0.05) is 18.0 Å². The molecule has 1 aliphatic heterocycles. The molecule has 1 aliphatic carbocycles. The number of nitrogens with one attached hydrogen (secondary N) is 2. The zero-order valence-corrected chi connectivity index (χ0v) is 15.5. The second kappa shape index (κ2) is 7.13. The monoisotopic (exact) mass is 370 g/mol.